The first kappa shape index (κ1) is 12.8. The van der Waals surface area contributed by atoms with E-state index in [1.54, 1.807) is 24.4 Å². The van der Waals surface area contributed by atoms with Crippen molar-refractivity contribution in [1.29, 1.82) is 0 Å². The highest BCUT2D eigenvalue weighted by molar-refractivity contribution is 5.78. The summed E-state index contributed by atoms with van der Waals surface area (Å²) in [4.78, 5) is 4.37. The average Bonchev–Trinajstić information content (AvgIpc) is 2.83. The number of halogens is 1. The van der Waals surface area contributed by atoms with Crippen LogP contribution in [-0.4, -0.2) is 4.98 Å². The van der Waals surface area contributed by atoms with Crippen LogP contribution in [0.15, 0.2) is 40.9 Å². The zero-order chi connectivity index (χ0) is 14.3. The van der Waals surface area contributed by atoms with Crippen molar-refractivity contribution in [3.05, 3.63) is 64.9 Å². The molecule has 2 N–H and O–H groups in total. The maximum absolute atomic E-state index is 13.6. The van der Waals surface area contributed by atoms with Gasteiger partial charge in [0.15, 0.2) is 11.4 Å². The summed E-state index contributed by atoms with van der Waals surface area (Å²) >= 11 is 0. The molecule has 0 aliphatic rings. The number of furan rings is 1. The molecule has 0 fully saturated rings. The number of para-hydroxylation sites is 1. The van der Waals surface area contributed by atoms with Crippen molar-refractivity contribution in [2.75, 3.05) is 0 Å². The summed E-state index contributed by atoms with van der Waals surface area (Å²) in [5.74, 6) is 0.138. The van der Waals surface area contributed by atoms with Crippen molar-refractivity contribution >= 4 is 11.0 Å². The molecule has 1 unspecified atom stereocenters. The van der Waals surface area contributed by atoms with E-state index in [1.807, 2.05) is 19.9 Å². The van der Waals surface area contributed by atoms with Gasteiger partial charge in [0.05, 0.1) is 5.69 Å². The first-order chi connectivity index (χ1) is 9.56. The van der Waals surface area contributed by atoms with Gasteiger partial charge in [-0.05, 0) is 37.1 Å². The van der Waals surface area contributed by atoms with E-state index in [-0.39, 0.29) is 11.4 Å². The standard InChI is InChI=1S/C16H15FN2O/c1-9-6-10(2)15(19-8-9)14(18)13-7-11-4-3-5-12(17)16(11)20-13/h3-8,14H,18H2,1-2H3. The van der Waals surface area contributed by atoms with Crippen molar-refractivity contribution in [3.8, 4) is 0 Å². The van der Waals surface area contributed by atoms with Gasteiger partial charge in [-0.1, -0.05) is 18.2 Å². The van der Waals surface area contributed by atoms with Gasteiger partial charge >= 0.3 is 0 Å². The highest BCUT2D eigenvalue weighted by Gasteiger charge is 2.18. The van der Waals surface area contributed by atoms with Crippen LogP contribution in [0.1, 0.15) is 28.6 Å². The summed E-state index contributed by atoms with van der Waals surface area (Å²) in [6.45, 7) is 3.93. The van der Waals surface area contributed by atoms with Crippen LogP contribution in [0.4, 0.5) is 4.39 Å². The van der Waals surface area contributed by atoms with Crippen LogP contribution in [0.3, 0.4) is 0 Å². The zero-order valence-corrected chi connectivity index (χ0v) is 11.4. The second kappa shape index (κ2) is 4.72. The molecule has 3 aromatic rings. The number of rotatable bonds is 2. The molecule has 3 nitrogen and oxygen atoms in total. The second-order valence-electron chi connectivity index (χ2n) is 5.00. The fraction of sp³-hybridized carbons (Fsp3) is 0.188. The van der Waals surface area contributed by atoms with Crippen molar-refractivity contribution in [3.63, 3.8) is 0 Å². The van der Waals surface area contributed by atoms with Crippen molar-refractivity contribution < 1.29 is 8.81 Å². The van der Waals surface area contributed by atoms with Gasteiger partial charge in [0.2, 0.25) is 0 Å². The number of fused-ring (bicyclic) bond motifs is 1. The largest absolute Gasteiger partial charge is 0.456 e. The number of benzene rings is 1. The third kappa shape index (κ3) is 2.08. The van der Waals surface area contributed by atoms with Crippen LogP contribution in [0.2, 0.25) is 0 Å². The molecule has 0 amide bonds. The second-order valence-corrected chi connectivity index (χ2v) is 5.00. The molecular formula is C16H15FN2O. The van der Waals surface area contributed by atoms with E-state index in [1.165, 1.54) is 6.07 Å². The van der Waals surface area contributed by atoms with Gasteiger partial charge < -0.3 is 10.2 Å². The number of hydrogen-bond donors (Lipinski definition) is 1. The summed E-state index contributed by atoms with van der Waals surface area (Å²) in [5, 5.41) is 0.709. The van der Waals surface area contributed by atoms with E-state index in [2.05, 4.69) is 4.98 Å². The van der Waals surface area contributed by atoms with Crippen molar-refractivity contribution in [1.82, 2.24) is 4.98 Å². The number of hydrogen-bond acceptors (Lipinski definition) is 3. The molecule has 20 heavy (non-hydrogen) atoms. The van der Waals surface area contributed by atoms with Gasteiger partial charge in [0.25, 0.3) is 0 Å². The molecular weight excluding hydrogens is 255 g/mol. The Morgan fingerprint density at radius 3 is 2.75 bits per heavy atom. The van der Waals surface area contributed by atoms with E-state index in [9.17, 15) is 4.39 Å². The Morgan fingerprint density at radius 2 is 2.05 bits per heavy atom. The first-order valence-corrected chi connectivity index (χ1v) is 6.43. The van der Waals surface area contributed by atoms with Crippen LogP contribution < -0.4 is 5.73 Å². The number of aryl methyl sites for hydroxylation is 2. The molecule has 0 spiro atoms. The lowest BCUT2D eigenvalue weighted by atomic mass is 10.1. The molecule has 1 aromatic carbocycles. The third-order valence-electron chi connectivity index (χ3n) is 3.37. The molecule has 0 aliphatic carbocycles. The zero-order valence-electron chi connectivity index (χ0n) is 11.4. The molecule has 0 saturated carbocycles. The maximum Gasteiger partial charge on any atom is 0.169 e. The van der Waals surface area contributed by atoms with Gasteiger partial charge in [-0.3, -0.25) is 4.98 Å². The fourth-order valence-corrected chi connectivity index (χ4v) is 2.39. The van der Waals surface area contributed by atoms with Crippen LogP contribution in [0.5, 0.6) is 0 Å². The monoisotopic (exact) mass is 270 g/mol. The van der Waals surface area contributed by atoms with Gasteiger partial charge in [0.1, 0.15) is 11.8 Å². The van der Waals surface area contributed by atoms with Crippen LogP contribution in [0.25, 0.3) is 11.0 Å². The van der Waals surface area contributed by atoms with Crippen LogP contribution in [-0.2, 0) is 0 Å². The number of pyridine rings is 1. The number of nitrogens with two attached hydrogens (primary N) is 1. The Balaban J connectivity index is 2.08. The normalized spacial score (nSPS) is 12.8. The molecule has 0 saturated heterocycles. The lowest BCUT2D eigenvalue weighted by Gasteiger charge is -2.11. The summed E-state index contributed by atoms with van der Waals surface area (Å²) in [6.07, 6.45) is 1.77. The summed E-state index contributed by atoms with van der Waals surface area (Å²) in [6, 6.07) is 8.11. The molecule has 4 heteroatoms. The van der Waals surface area contributed by atoms with E-state index in [0.717, 1.165) is 16.8 Å². The Labute approximate surface area is 116 Å². The predicted octanol–water partition coefficient (Wildman–Crippen LogP) is 3.63. The van der Waals surface area contributed by atoms with E-state index in [4.69, 9.17) is 10.2 Å². The van der Waals surface area contributed by atoms with Crippen molar-refractivity contribution in [2.24, 2.45) is 5.73 Å². The van der Waals surface area contributed by atoms with Gasteiger partial charge in [-0.25, -0.2) is 4.39 Å². The molecule has 0 bridgehead atoms. The molecule has 1 atom stereocenters. The smallest absolute Gasteiger partial charge is 0.169 e. The van der Waals surface area contributed by atoms with Crippen LogP contribution in [0, 0.1) is 19.7 Å². The first-order valence-electron chi connectivity index (χ1n) is 6.43. The molecule has 0 aliphatic heterocycles. The molecule has 0 radical (unpaired) electrons. The predicted molar refractivity (Wildman–Crippen MR) is 75.9 cm³/mol. The average molecular weight is 270 g/mol. The van der Waals surface area contributed by atoms with Crippen molar-refractivity contribution in [2.45, 2.75) is 19.9 Å². The van der Waals surface area contributed by atoms with Gasteiger partial charge in [-0.2, -0.15) is 0 Å². The lowest BCUT2D eigenvalue weighted by molar-refractivity contribution is 0.498. The van der Waals surface area contributed by atoms with Gasteiger partial charge in [0, 0.05) is 11.6 Å². The van der Waals surface area contributed by atoms with E-state index < -0.39 is 6.04 Å². The van der Waals surface area contributed by atoms with E-state index in [0.29, 0.717) is 11.1 Å². The van der Waals surface area contributed by atoms with E-state index >= 15 is 0 Å². The Morgan fingerprint density at radius 1 is 1.25 bits per heavy atom. The summed E-state index contributed by atoms with van der Waals surface area (Å²) < 4.78 is 19.2. The highest BCUT2D eigenvalue weighted by Crippen LogP contribution is 2.28. The highest BCUT2D eigenvalue weighted by atomic mass is 19.1. The fourth-order valence-electron chi connectivity index (χ4n) is 2.39. The number of aromatic nitrogens is 1. The molecule has 2 heterocycles. The maximum atomic E-state index is 13.6. The summed E-state index contributed by atoms with van der Waals surface area (Å²) in [7, 11) is 0. The number of nitrogens with zero attached hydrogens (tertiary/aromatic N) is 1. The minimum Gasteiger partial charge on any atom is -0.456 e. The Kier molecular flexibility index (Phi) is 3.03. The quantitative estimate of drug-likeness (QED) is 0.773. The molecule has 102 valence electrons. The molecule has 2 aromatic heterocycles. The Bertz CT molecular complexity index is 779. The summed E-state index contributed by atoms with van der Waals surface area (Å²) in [5.41, 5.74) is 9.26. The minimum absolute atomic E-state index is 0.239. The SMILES string of the molecule is Cc1cnc(C(N)c2cc3cccc(F)c3o2)c(C)c1. The lowest BCUT2D eigenvalue weighted by Crippen LogP contribution is -2.14. The molecule has 3 rings (SSSR count). The minimum atomic E-state index is -0.498. The third-order valence-corrected chi connectivity index (χ3v) is 3.37. The van der Waals surface area contributed by atoms with Gasteiger partial charge in [-0.15, -0.1) is 0 Å². The topological polar surface area (TPSA) is 52.0 Å². The van der Waals surface area contributed by atoms with Crippen LogP contribution >= 0.6 is 0 Å². The Hall–Kier alpha value is -2.20.